The van der Waals surface area contributed by atoms with Crippen molar-refractivity contribution < 1.29 is 9.90 Å². The maximum absolute atomic E-state index is 11.0. The van der Waals surface area contributed by atoms with Crippen LogP contribution in [0, 0.1) is 11.8 Å². The highest BCUT2D eigenvalue weighted by molar-refractivity contribution is 6.48. The minimum atomic E-state index is -0.843. The fourth-order valence-electron chi connectivity index (χ4n) is 1.40. The van der Waals surface area contributed by atoms with E-state index in [1.807, 2.05) is 44.2 Å². The maximum Gasteiger partial charge on any atom is 0.310 e. The van der Waals surface area contributed by atoms with E-state index in [2.05, 4.69) is 0 Å². The Morgan fingerprint density at radius 2 is 1.88 bits per heavy atom. The molecule has 0 spiro atoms. The zero-order chi connectivity index (χ0) is 12.1. The number of carboxylic acids is 1. The molecule has 0 aliphatic rings. The molecule has 0 aliphatic heterocycles. The molecule has 0 aliphatic carbocycles. The third-order valence-electron chi connectivity index (χ3n) is 2.38. The first-order chi connectivity index (χ1) is 7.52. The minimum absolute atomic E-state index is 0.0231. The van der Waals surface area contributed by atoms with Crippen LogP contribution in [0.3, 0.4) is 0 Å². The summed E-state index contributed by atoms with van der Waals surface area (Å²) in [7, 11) is 0. The molecule has 3 heteroatoms. The Labute approximate surface area is 101 Å². The van der Waals surface area contributed by atoms with Gasteiger partial charge < -0.3 is 5.11 Å². The molecule has 16 heavy (non-hydrogen) atoms. The molecule has 0 aromatic heterocycles. The highest BCUT2D eigenvalue weighted by atomic mass is 35.5. The lowest BCUT2D eigenvalue weighted by Crippen LogP contribution is -2.17. The fourth-order valence-corrected chi connectivity index (χ4v) is 1.66. The lowest BCUT2D eigenvalue weighted by atomic mass is 9.95. The quantitative estimate of drug-likeness (QED) is 0.870. The summed E-state index contributed by atoms with van der Waals surface area (Å²) in [6.07, 6.45) is 1.60. The van der Waals surface area contributed by atoms with Crippen molar-refractivity contribution in [3.63, 3.8) is 0 Å². The summed E-state index contributed by atoms with van der Waals surface area (Å²) in [6.45, 7) is 3.73. The minimum Gasteiger partial charge on any atom is -0.481 e. The van der Waals surface area contributed by atoms with Gasteiger partial charge in [-0.1, -0.05) is 61.9 Å². The van der Waals surface area contributed by atoms with Crippen molar-refractivity contribution in [1.82, 2.24) is 0 Å². The molecule has 1 N–H and O–H groups in total. The van der Waals surface area contributed by atoms with Crippen molar-refractivity contribution in [3.05, 3.63) is 42.0 Å². The molecule has 86 valence electrons. The summed E-state index contributed by atoms with van der Waals surface area (Å²) in [6, 6.07) is 9.36. The van der Waals surface area contributed by atoms with Crippen LogP contribution in [0.5, 0.6) is 0 Å². The van der Waals surface area contributed by atoms with Gasteiger partial charge in [0, 0.05) is 5.03 Å². The van der Waals surface area contributed by atoms with Crippen LogP contribution in [0.1, 0.15) is 19.4 Å². The molecular formula is C13H15ClO2. The van der Waals surface area contributed by atoms with Crippen LogP contribution in [0.2, 0.25) is 0 Å². The van der Waals surface area contributed by atoms with Gasteiger partial charge in [0.05, 0.1) is 5.92 Å². The van der Waals surface area contributed by atoms with E-state index in [9.17, 15) is 4.79 Å². The van der Waals surface area contributed by atoms with Crippen LogP contribution in [-0.2, 0) is 4.79 Å². The van der Waals surface area contributed by atoms with Gasteiger partial charge in [0.15, 0.2) is 0 Å². The summed E-state index contributed by atoms with van der Waals surface area (Å²) in [4.78, 5) is 11.0. The smallest absolute Gasteiger partial charge is 0.310 e. The van der Waals surface area contributed by atoms with E-state index < -0.39 is 11.9 Å². The third kappa shape index (κ3) is 3.38. The molecule has 0 saturated carbocycles. The van der Waals surface area contributed by atoms with Crippen LogP contribution in [-0.4, -0.2) is 11.1 Å². The zero-order valence-electron chi connectivity index (χ0n) is 9.35. The number of carbonyl (C=O) groups is 1. The SMILES string of the molecule is CC(C)C(C=C(Cl)c1ccccc1)C(=O)O. The van der Waals surface area contributed by atoms with Crippen LogP contribution < -0.4 is 0 Å². The Bertz CT molecular complexity index is 382. The molecular weight excluding hydrogens is 224 g/mol. The van der Waals surface area contributed by atoms with E-state index in [0.29, 0.717) is 5.03 Å². The van der Waals surface area contributed by atoms with Gasteiger partial charge in [-0.15, -0.1) is 0 Å². The van der Waals surface area contributed by atoms with Crippen LogP contribution in [0.25, 0.3) is 5.03 Å². The van der Waals surface area contributed by atoms with E-state index in [-0.39, 0.29) is 5.92 Å². The van der Waals surface area contributed by atoms with E-state index >= 15 is 0 Å². The zero-order valence-corrected chi connectivity index (χ0v) is 10.1. The summed E-state index contributed by atoms with van der Waals surface area (Å²) in [5.41, 5.74) is 0.844. The average Bonchev–Trinajstić information content (AvgIpc) is 2.25. The van der Waals surface area contributed by atoms with Crippen molar-refractivity contribution in [3.8, 4) is 0 Å². The van der Waals surface area contributed by atoms with Gasteiger partial charge in [-0.25, -0.2) is 0 Å². The molecule has 0 fully saturated rings. The number of hydrogen-bond acceptors (Lipinski definition) is 1. The third-order valence-corrected chi connectivity index (χ3v) is 2.72. The number of carboxylic acid groups (broad SMARTS) is 1. The second-order valence-corrected chi connectivity index (χ2v) is 4.40. The fraction of sp³-hybridized carbons (Fsp3) is 0.308. The molecule has 0 saturated heterocycles. The van der Waals surface area contributed by atoms with Gasteiger partial charge in [-0.2, -0.15) is 0 Å². The van der Waals surface area contributed by atoms with E-state index in [0.717, 1.165) is 5.56 Å². The Morgan fingerprint density at radius 3 is 2.31 bits per heavy atom. The average molecular weight is 239 g/mol. The first kappa shape index (κ1) is 12.8. The number of hydrogen-bond donors (Lipinski definition) is 1. The second kappa shape index (κ2) is 5.71. The molecule has 1 rings (SSSR count). The number of benzene rings is 1. The highest BCUT2D eigenvalue weighted by Gasteiger charge is 2.19. The summed E-state index contributed by atoms with van der Waals surface area (Å²) in [5.74, 6) is -1.37. The van der Waals surface area contributed by atoms with Crippen molar-refractivity contribution in [2.24, 2.45) is 11.8 Å². The lowest BCUT2D eigenvalue weighted by molar-refractivity contribution is -0.141. The Hall–Kier alpha value is -1.28. The Kier molecular flexibility index (Phi) is 4.56. The second-order valence-electron chi connectivity index (χ2n) is 3.99. The highest BCUT2D eigenvalue weighted by Crippen LogP contribution is 2.23. The monoisotopic (exact) mass is 238 g/mol. The topological polar surface area (TPSA) is 37.3 Å². The normalized spacial score (nSPS) is 13.9. The van der Waals surface area contributed by atoms with Gasteiger partial charge in [-0.3, -0.25) is 4.79 Å². The van der Waals surface area contributed by atoms with Crippen LogP contribution in [0.15, 0.2) is 36.4 Å². The predicted molar refractivity (Wildman–Crippen MR) is 66.2 cm³/mol. The molecule has 1 aromatic carbocycles. The van der Waals surface area contributed by atoms with E-state index in [4.69, 9.17) is 16.7 Å². The lowest BCUT2D eigenvalue weighted by Gasteiger charge is -2.12. The number of rotatable bonds is 4. The molecule has 0 amide bonds. The predicted octanol–water partition coefficient (Wildman–Crippen LogP) is 3.62. The summed E-state index contributed by atoms with van der Waals surface area (Å²) in [5, 5.41) is 9.52. The van der Waals surface area contributed by atoms with Crippen LogP contribution >= 0.6 is 11.6 Å². The van der Waals surface area contributed by atoms with Crippen molar-refractivity contribution in [1.29, 1.82) is 0 Å². The Morgan fingerprint density at radius 1 is 1.31 bits per heavy atom. The number of halogens is 1. The molecule has 0 heterocycles. The van der Waals surface area contributed by atoms with E-state index in [1.165, 1.54) is 0 Å². The first-order valence-corrected chi connectivity index (χ1v) is 5.55. The first-order valence-electron chi connectivity index (χ1n) is 5.18. The standard InChI is InChI=1S/C13H15ClO2/c1-9(2)11(13(15)16)8-12(14)10-6-4-3-5-7-10/h3-9,11H,1-2H3,(H,15,16). The van der Waals surface area contributed by atoms with Gasteiger partial charge in [0.1, 0.15) is 0 Å². The van der Waals surface area contributed by atoms with E-state index in [1.54, 1.807) is 6.08 Å². The van der Waals surface area contributed by atoms with Gasteiger partial charge in [-0.05, 0) is 11.5 Å². The molecule has 0 bridgehead atoms. The van der Waals surface area contributed by atoms with Gasteiger partial charge >= 0.3 is 5.97 Å². The molecule has 0 radical (unpaired) electrons. The molecule has 1 unspecified atom stereocenters. The summed E-state index contributed by atoms with van der Waals surface area (Å²) < 4.78 is 0. The Balaban J connectivity index is 2.95. The molecule has 2 nitrogen and oxygen atoms in total. The number of aliphatic carboxylic acids is 1. The maximum atomic E-state index is 11.0. The largest absolute Gasteiger partial charge is 0.481 e. The van der Waals surface area contributed by atoms with Crippen molar-refractivity contribution >= 4 is 22.6 Å². The molecule has 1 atom stereocenters. The summed E-state index contributed by atoms with van der Waals surface area (Å²) >= 11 is 6.09. The van der Waals surface area contributed by atoms with Gasteiger partial charge in [0.25, 0.3) is 0 Å². The van der Waals surface area contributed by atoms with Crippen LogP contribution in [0.4, 0.5) is 0 Å². The molecule has 1 aromatic rings. The van der Waals surface area contributed by atoms with Crippen molar-refractivity contribution in [2.75, 3.05) is 0 Å². The van der Waals surface area contributed by atoms with Gasteiger partial charge in [0.2, 0.25) is 0 Å². The van der Waals surface area contributed by atoms with Crippen molar-refractivity contribution in [2.45, 2.75) is 13.8 Å².